The topological polar surface area (TPSA) is 98.3 Å². The molecule has 0 aliphatic heterocycles. The van der Waals surface area contributed by atoms with Gasteiger partial charge in [0.1, 0.15) is 5.69 Å². The van der Waals surface area contributed by atoms with Crippen molar-refractivity contribution in [3.05, 3.63) is 32.8 Å². The summed E-state index contributed by atoms with van der Waals surface area (Å²) in [5, 5.41) is 13.9. The number of nitro groups is 1. The average molecular weight is 312 g/mol. The van der Waals surface area contributed by atoms with Crippen LogP contribution in [0.3, 0.4) is 0 Å². The van der Waals surface area contributed by atoms with Gasteiger partial charge in [-0.2, -0.15) is 0 Å². The third-order valence-electron chi connectivity index (χ3n) is 3.94. The number of carbonyl (C=O) groups is 1. The number of nitro benzene ring substituents is 1. The van der Waals surface area contributed by atoms with Gasteiger partial charge in [0.25, 0.3) is 11.6 Å². The van der Waals surface area contributed by atoms with Gasteiger partial charge in [-0.05, 0) is 25.8 Å². The van der Waals surface area contributed by atoms with Crippen molar-refractivity contribution in [2.45, 2.75) is 44.6 Å². The minimum absolute atomic E-state index is 0.0168. The van der Waals surface area contributed by atoms with E-state index in [4.69, 9.17) is 17.3 Å². The molecule has 21 heavy (non-hydrogen) atoms. The first-order valence-corrected chi connectivity index (χ1v) is 7.26. The fourth-order valence-electron chi connectivity index (χ4n) is 2.69. The van der Waals surface area contributed by atoms with Gasteiger partial charge in [0.05, 0.1) is 9.95 Å². The Labute approximate surface area is 127 Å². The summed E-state index contributed by atoms with van der Waals surface area (Å²) in [5.41, 5.74) is 4.98. The second-order valence-corrected chi connectivity index (χ2v) is 6.13. The molecule has 1 aliphatic carbocycles. The van der Waals surface area contributed by atoms with Crippen LogP contribution in [-0.4, -0.2) is 16.4 Å². The first-order chi connectivity index (χ1) is 9.82. The number of hydrogen-bond acceptors (Lipinski definition) is 4. The minimum atomic E-state index is -0.639. The van der Waals surface area contributed by atoms with Crippen LogP contribution in [0.5, 0.6) is 0 Å². The number of hydrogen-bond donors (Lipinski definition) is 2. The fourth-order valence-corrected chi connectivity index (χ4v) is 2.90. The van der Waals surface area contributed by atoms with Crippen LogP contribution >= 0.6 is 11.6 Å². The minimum Gasteiger partial charge on any atom is -0.392 e. The number of nitrogens with one attached hydrogen (secondary N) is 1. The number of anilines is 1. The summed E-state index contributed by atoms with van der Waals surface area (Å²) in [5.74, 6) is -0.357. The Hall–Kier alpha value is -1.82. The molecule has 0 heterocycles. The molecule has 7 heteroatoms. The van der Waals surface area contributed by atoms with Crippen LogP contribution in [-0.2, 0) is 0 Å². The summed E-state index contributed by atoms with van der Waals surface area (Å²) in [6.07, 6.45) is 5.12. The van der Waals surface area contributed by atoms with Crippen molar-refractivity contribution in [1.29, 1.82) is 0 Å². The highest BCUT2D eigenvalue weighted by molar-refractivity contribution is 6.34. The number of amides is 1. The van der Waals surface area contributed by atoms with E-state index in [9.17, 15) is 14.9 Å². The van der Waals surface area contributed by atoms with Crippen molar-refractivity contribution >= 4 is 28.9 Å². The molecule has 0 radical (unpaired) electrons. The smallest absolute Gasteiger partial charge is 0.294 e. The molecule has 0 bridgehead atoms. The first kappa shape index (κ1) is 15.6. The van der Waals surface area contributed by atoms with Gasteiger partial charge in [-0.25, -0.2) is 0 Å². The van der Waals surface area contributed by atoms with Gasteiger partial charge in [0.2, 0.25) is 0 Å². The molecule has 3 N–H and O–H groups in total. The Morgan fingerprint density at radius 3 is 2.57 bits per heavy atom. The number of rotatable bonds is 3. The highest BCUT2D eigenvalue weighted by Gasteiger charge is 2.29. The summed E-state index contributed by atoms with van der Waals surface area (Å²) in [4.78, 5) is 22.6. The number of halogens is 1. The molecule has 2 rings (SSSR count). The molecule has 0 aromatic heterocycles. The van der Waals surface area contributed by atoms with E-state index in [2.05, 4.69) is 5.32 Å². The summed E-state index contributed by atoms with van der Waals surface area (Å²) in [6, 6.07) is 2.54. The van der Waals surface area contributed by atoms with E-state index in [0.717, 1.165) is 25.7 Å². The molecule has 1 fully saturated rings. The number of nitrogens with zero attached hydrogens (tertiary/aromatic N) is 1. The van der Waals surface area contributed by atoms with Crippen molar-refractivity contribution in [3.63, 3.8) is 0 Å². The molecule has 0 spiro atoms. The zero-order valence-corrected chi connectivity index (χ0v) is 12.6. The van der Waals surface area contributed by atoms with Gasteiger partial charge >= 0.3 is 0 Å². The Balaban J connectivity index is 2.25. The van der Waals surface area contributed by atoms with Crippen LogP contribution in [0, 0.1) is 10.1 Å². The maximum Gasteiger partial charge on any atom is 0.294 e. The summed E-state index contributed by atoms with van der Waals surface area (Å²) >= 11 is 5.88. The van der Waals surface area contributed by atoms with Crippen molar-refractivity contribution in [1.82, 2.24) is 5.32 Å². The zero-order valence-electron chi connectivity index (χ0n) is 11.8. The molecule has 114 valence electrons. The lowest BCUT2D eigenvalue weighted by atomic mass is 9.83. The quantitative estimate of drug-likeness (QED) is 0.508. The van der Waals surface area contributed by atoms with E-state index in [-0.39, 0.29) is 33.4 Å². The predicted molar refractivity (Wildman–Crippen MR) is 81.5 cm³/mol. The number of carbonyl (C=O) groups excluding carboxylic acids is 1. The highest BCUT2D eigenvalue weighted by atomic mass is 35.5. The third-order valence-corrected chi connectivity index (χ3v) is 4.25. The average Bonchev–Trinajstić information content (AvgIpc) is 2.41. The maximum absolute atomic E-state index is 12.3. The first-order valence-electron chi connectivity index (χ1n) is 6.88. The van der Waals surface area contributed by atoms with E-state index in [0.29, 0.717) is 0 Å². The number of nitrogens with two attached hydrogens (primary N) is 1. The predicted octanol–water partition coefficient (Wildman–Crippen LogP) is 3.28. The molecule has 0 unspecified atom stereocenters. The Morgan fingerprint density at radius 1 is 1.38 bits per heavy atom. The Kier molecular flexibility index (Phi) is 4.37. The largest absolute Gasteiger partial charge is 0.392 e. The molecule has 1 saturated carbocycles. The molecule has 0 atom stereocenters. The Morgan fingerprint density at radius 2 is 2.00 bits per heavy atom. The normalized spacial score (nSPS) is 17.2. The second kappa shape index (κ2) is 5.89. The van der Waals surface area contributed by atoms with Gasteiger partial charge in [0.15, 0.2) is 0 Å². The van der Waals surface area contributed by atoms with Gasteiger partial charge in [0, 0.05) is 17.2 Å². The molecular weight excluding hydrogens is 294 g/mol. The lowest BCUT2D eigenvalue weighted by Gasteiger charge is -2.34. The van der Waals surface area contributed by atoms with Crippen molar-refractivity contribution in [2.75, 3.05) is 5.73 Å². The highest BCUT2D eigenvalue weighted by Crippen LogP contribution is 2.32. The summed E-state index contributed by atoms with van der Waals surface area (Å²) in [7, 11) is 0. The van der Waals surface area contributed by atoms with Crippen LogP contribution in [0.2, 0.25) is 5.02 Å². The Bertz CT molecular complexity index is 583. The molecule has 1 aliphatic rings. The summed E-state index contributed by atoms with van der Waals surface area (Å²) < 4.78 is 0. The number of benzene rings is 1. The second-order valence-electron chi connectivity index (χ2n) is 5.72. The van der Waals surface area contributed by atoms with E-state index in [1.54, 1.807) is 0 Å². The van der Waals surface area contributed by atoms with E-state index in [1.165, 1.54) is 18.6 Å². The molecule has 6 nitrogen and oxygen atoms in total. The van der Waals surface area contributed by atoms with Crippen molar-refractivity contribution in [2.24, 2.45) is 0 Å². The molecule has 1 aromatic rings. The molecular formula is C14H18ClN3O3. The van der Waals surface area contributed by atoms with Crippen molar-refractivity contribution in [3.8, 4) is 0 Å². The van der Waals surface area contributed by atoms with Gasteiger partial charge in [-0.3, -0.25) is 14.9 Å². The molecule has 0 saturated heterocycles. The zero-order chi connectivity index (χ0) is 15.6. The standard InChI is InChI=1S/C14H18ClN3O3/c1-14(5-3-2-4-6-14)17-13(19)9-7-10(15)12(16)11(8-9)18(20)21/h7-8H,2-6,16H2,1H3,(H,17,19). The monoisotopic (exact) mass is 311 g/mol. The lowest BCUT2D eigenvalue weighted by Crippen LogP contribution is -2.47. The summed E-state index contributed by atoms with van der Waals surface area (Å²) in [6.45, 7) is 2.00. The van der Waals surface area contributed by atoms with E-state index in [1.807, 2.05) is 6.92 Å². The van der Waals surface area contributed by atoms with Crippen LogP contribution < -0.4 is 11.1 Å². The van der Waals surface area contributed by atoms with E-state index < -0.39 is 4.92 Å². The van der Waals surface area contributed by atoms with Crippen LogP contribution in [0.15, 0.2) is 12.1 Å². The van der Waals surface area contributed by atoms with Crippen LogP contribution in [0.4, 0.5) is 11.4 Å². The molecule has 1 aromatic carbocycles. The van der Waals surface area contributed by atoms with Gasteiger partial charge < -0.3 is 11.1 Å². The lowest BCUT2D eigenvalue weighted by molar-refractivity contribution is -0.383. The van der Waals surface area contributed by atoms with Crippen LogP contribution in [0.25, 0.3) is 0 Å². The maximum atomic E-state index is 12.3. The van der Waals surface area contributed by atoms with Gasteiger partial charge in [-0.1, -0.05) is 30.9 Å². The third kappa shape index (κ3) is 3.44. The fraction of sp³-hybridized carbons (Fsp3) is 0.500. The van der Waals surface area contributed by atoms with Crippen LogP contribution in [0.1, 0.15) is 49.4 Å². The van der Waals surface area contributed by atoms with E-state index >= 15 is 0 Å². The number of nitrogen functional groups attached to an aromatic ring is 1. The van der Waals surface area contributed by atoms with Gasteiger partial charge in [-0.15, -0.1) is 0 Å². The molecule has 1 amide bonds. The van der Waals surface area contributed by atoms with Crippen molar-refractivity contribution < 1.29 is 9.72 Å². The SMILES string of the molecule is CC1(NC(=O)c2cc(Cl)c(N)c([N+](=O)[O-])c2)CCCCC1.